The summed E-state index contributed by atoms with van der Waals surface area (Å²) in [5.41, 5.74) is 2.06. The fraction of sp³-hybridized carbons (Fsp3) is 0.375. The third-order valence-electron chi connectivity index (χ3n) is 3.29. The van der Waals surface area contributed by atoms with E-state index in [2.05, 4.69) is 41.2 Å². The first-order chi connectivity index (χ1) is 10.1. The van der Waals surface area contributed by atoms with Gasteiger partial charge in [-0.15, -0.1) is 0 Å². The molecule has 0 saturated carbocycles. The van der Waals surface area contributed by atoms with E-state index in [9.17, 15) is 4.79 Å². The van der Waals surface area contributed by atoms with Gasteiger partial charge in [0.1, 0.15) is 0 Å². The molecule has 4 nitrogen and oxygen atoms in total. The van der Waals surface area contributed by atoms with E-state index in [0.717, 1.165) is 30.9 Å². The molecular weight excluding hydrogens is 282 g/mol. The maximum absolute atomic E-state index is 11.2. The zero-order chi connectivity index (χ0) is 15.2. The average molecular weight is 303 g/mol. The lowest BCUT2D eigenvalue weighted by Gasteiger charge is -2.17. The summed E-state index contributed by atoms with van der Waals surface area (Å²) in [5.74, 6) is -0.0854. The second-order valence-corrected chi connectivity index (χ2v) is 5.88. The second kappa shape index (κ2) is 7.33. The van der Waals surface area contributed by atoms with Crippen molar-refractivity contribution >= 4 is 22.4 Å². The maximum Gasteiger partial charge on any atom is 0.223 e. The van der Waals surface area contributed by atoms with Crippen LogP contribution in [0.25, 0.3) is 11.3 Å². The van der Waals surface area contributed by atoms with Gasteiger partial charge in [-0.1, -0.05) is 55.5 Å². The van der Waals surface area contributed by atoms with Gasteiger partial charge >= 0.3 is 0 Å². The van der Waals surface area contributed by atoms with Crippen LogP contribution in [0.1, 0.15) is 25.6 Å². The van der Waals surface area contributed by atoms with Crippen molar-refractivity contribution in [3.63, 3.8) is 0 Å². The van der Waals surface area contributed by atoms with Gasteiger partial charge in [-0.05, 0) is 13.1 Å². The number of thiazole rings is 1. The molecule has 1 amide bonds. The highest BCUT2D eigenvalue weighted by Gasteiger charge is 2.15. The zero-order valence-corrected chi connectivity index (χ0v) is 13.5. The molecule has 0 aliphatic carbocycles. The standard InChI is InChI=1S/C16H21N3OS/c1-4-19(5-2)11-14-15(13-9-7-6-8-10-13)18-16(21-14)17-12(3)20/h6-10H,4-5,11H2,1-3H3,(H,17,18,20). The number of nitrogens with one attached hydrogen (secondary N) is 1. The molecule has 0 atom stereocenters. The summed E-state index contributed by atoms with van der Waals surface area (Å²) in [7, 11) is 0. The summed E-state index contributed by atoms with van der Waals surface area (Å²) in [6, 6.07) is 10.1. The third kappa shape index (κ3) is 4.12. The van der Waals surface area contributed by atoms with Gasteiger partial charge in [0.2, 0.25) is 5.91 Å². The summed E-state index contributed by atoms with van der Waals surface area (Å²) < 4.78 is 0. The largest absolute Gasteiger partial charge is 0.302 e. The summed E-state index contributed by atoms with van der Waals surface area (Å²) >= 11 is 1.56. The van der Waals surface area contributed by atoms with Crippen LogP contribution in [0.5, 0.6) is 0 Å². The van der Waals surface area contributed by atoms with Crippen molar-refractivity contribution in [2.45, 2.75) is 27.3 Å². The number of rotatable bonds is 6. The molecule has 0 aliphatic rings. The van der Waals surface area contributed by atoms with Crippen LogP contribution in [0.4, 0.5) is 5.13 Å². The van der Waals surface area contributed by atoms with Crippen LogP contribution in [0, 0.1) is 0 Å². The van der Waals surface area contributed by atoms with Gasteiger partial charge < -0.3 is 5.32 Å². The molecule has 1 N–H and O–H groups in total. The van der Waals surface area contributed by atoms with Gasteiger partial charge in [0.25, 0.3) is 0 Å². The molecule has 0 radical (unpaired) electrons. The van der Waals surface area contributed by atoms with E-state index in [1.54, 1.807) is 11.3 Å². The van der Waals surface area contributed by atoms with E-state index in [1.165, 1.54) is 11.8 Å². The molecular formula is C16H21N3OS. The van der Waals surface area contributed by atoms with Gasteiger partial charge in [-0.2, -0.15) is 0 Å². The zero-order valence-electron chi connectivity index (χ0n) is 12.7. The van der Waals surface area contributed by atoms with Crippen molar-refractivity contribution in [3.8, 4) is 11.3 Å². The number of benzene rings is 1. The minimum atomic E-state index is -0.0854. The molecule has 112 valence electrons. The Bertz CT molecular complexity index is 591. The highest BCUT2D eigenvalue weighted by atomic mass is 32.1. The van der Waals surface area contributed by atoms with Crippen molar-refractivity contribution in [1.29, 1.82) is 0 Å². The normalized spacial score (nSPS) is 10.9. The van der Waals surface area contributed by atoms with Crippen molar-refractivity contribution in [1.82, 2.24) is 9.88 Å². The number of anilines is 1. The molecule has 5 heteroatoms. The molecule has 0 bridgehead atoms. The molecule has 21 heavy (non-hydrogen) atoms. The van der Waals surface area contributed by atoms with Crippen LogP contribution in [0.2, 0.25) is 0 Å². The van der Waals surface area contributed by atoms with Crippen molar-refractivity contribution in [2.24, 2.45) is 0 Å². The number of amides is 1. The van der Waals surface area contributed by atoms with Crippen LogP contribution in [0.15, 0.2) is 30.3 Å². The molecule has 0 unspecified atom stereocenters. The van der Waals surface area contributed by atoms with E-state index in [0.29, 0.717) is 5.13 Å². The number of hydrogen-bond acceptors (Lipinski definition) is 4. The Morgan fingerprint density at radius 3 is 2.48 bits per heavy atom. The summed E-state index contributed by atoms with van der Waals surface area (Å²) in [4.78, 5) is 19.4. The Morgan fingerprint density at radius 1 is 1.24 bits per heavy atom. The first-order valence-corrected chi connectivity index (χ1v) is 8.00. The molecule has 0 spiro atoms. The summed E-state index contributed by atoms with van der Waals surface area (Å²) in [6.45, 7) is 8.67. The molecule has 1 aromatic heterocycles. The summed E-state index contributed by atoms with van der Waals surface area (Å²) in [6.07, 6.45) is 0. The number of aromatic nitrogens is 1. The van der Waals surface area contributed by atoms with Crippen molar-refractivity contribution < 1.29 is 4.79 Å². The molecule has 2 aromatic rings. The van der Waals surface area contributed by atoms with Crippen LogP contribution < -0.4 is 5.32 Å². The van der Waals surface area contributed by atoms with Gasteiger partial charge in [0.15, 0.2) is 5.13 Å². The van der Waals surface area contributed by atoms with Gasteiger partial charge in [0, 0.05) is 23.9 Å². The lowest BCUT2D eigenvalue weighted by atomic mass is 10.1. The number of carbonyl (C=O) groups is 1. The van der Waals surface area contributed by atoms with E-state index in [1.807, 2.05) is 18.2 Å². The Kier molecular flexibility index (Phi) is 5.47. The minimum Gasteiger partial charge on any atom is -0.302 e. The van der Waals surface area contributed by atoms with Crippen molar-refractivity contribution in [2.75, 3.05) is 18.4 Å². The number of carbonyl (C=O) groups excluding carboxylic acids is 1. The van der Waals surface area contributed by atoms with E-state index < -0.39 is 0 Å². The lowest BCUT2D eigenvalue weighted by Crippen LogP contribution is -2.21. The minimum absolute atomic E-state index is 0.0854. The highest BCUT2D eigenvalue weighted by molar-refractivity contribution is 7.16. The second-order valence-electron chi connectivity index (χ2n) is 4.80. The molecule has 0 aliphatic heterocycles. The van der Waals surface area contributed by atoms with Gasteiger partial charge in [-0.25, -0.2) is 4.98 Å². The smallest absolute Gasteiger partial charge is 0.223 e. The van der Waals surface area contributed by atoms with Crippen LogP contribution >= 0.6 is 11.3 Å². The average Bonchev–Trinajstić information content (AvgIpc) is 2.87. The third-order valence-corrected chi connectivity index (χ3v) is 4.24. The van der Waals surface area contributed by atoms with E-state index in [4.69, 9.17) is 0 Å². The van der Waals surface area contributed by atoms with E-state index >= 15 is 0 Å². The SMILES string of the molecule is CCN(CC)Cc1sc(NC(C)=O)nc1-c1ccccc1. The predicted molar refractivity (Wildman–Crippen MR) is 88.5 cm³/mol. The Morgan fingerprint density at radius 2 is 1.90 bits per heavy atom. The Hall–Kier alpha value is -1.72. The predicted octanol–water partition coefficient (Wildman–Crippen LogP) is 3.61. The lowest BCUT2D eigenvalue weighted by molar-refractivity contribution is -0.114. The van der Waals surface area contributed by atoms with Crippen LogP contribution in [-0.4, -0.2) is 28.9 Å². The first-order valence-electron chi connectivity index (χ1n) is 7.19. The van der Waals surface area contributed by atoms with Crippen molar-refractivity contribution in [3.05, 3.63) is 35.2 Å². The molecule has 1 aromatic carbocycles. The van der Waals surface area contributed by atoms with E-state index in [-0.39, 0.29) is 5.91 Å². The topological polar surface area (TPSA) is 45.2 Å². The van der Waals surface area contributed by atoms with Crippen LogP contribution in [0.3, 0.4) is 0 Å². The first kappa shape index (κ1) is 15.7. The molecule has 2 rings (SSSR count). The molecule has 1 heterocycles. The van der Waals surface area contributed by atoms with Gasteiger partial charge in [-0.3, -0.25) is 9.69 Å². The fourth-order valence-electron chi connectivity index (χ4n) is 2.13. The van der Waals surface area contributed by atoms with Gasteiger partial charge in [0.05, 0.1) is 5.69 Å². The Balaban J connectivity index is 2.36. The molecule has 0 saturated heterocycles. The van der Waals surface area contributed by atoms with Crippen LogP contribution in [-0.2, 0) is 11.3 Å². The molecule has 0 fully saturated rings. The number of nitrogens with zero attached hydrogens (tertiary/aromatic N) is 2. The monoisotopic (exact) mass is 303 g/mol. The quantitative estimate of drug-likeness (QED) is 0.886. The Labute approximate surface area is 129 Å². The highest BCUT2D eigenvalue weighted by Crippen LogP contribution is 2.32. The number of hydrogen-bond donors (Lipinski definition) is 1. The summed E-state index contributed by atoms with van der Waals surface area (Å²) in [5, 5.41) is 3.46. The maximum atomic E-state index is 11.2. The fourth-order valence-corrected chi connectivity index (χ4v) is 3.21.